The second-order valence-electron chi connectivity index (χ2n) is 7.17. The molecule has 2 aromatic carbocycles. The summed E-state index contributed by atoms with van der Waals surface area (Å²) in [4.78, 5) is 36.7. The van der Waals surface area contributed by atoms with Crippen molar-refractivity contribution >= 4 is 39.4 Å². The van der Waals surface area contributed by atoms with Gasteiger partial charge in [0, 0.05) is 10.2 Å². The second kappa shape index (κ2) is 11.5. The fourth-order valence-electron chi connectivity index (χ4n) is 3.01. The summed E-state index contributed by atoms with van der Waals surface area (Å²) in [5.41, 5.74) is 2.43. The molecule has 0 saturated heterocycles. The minimum atomic E-state index is -0.526. The molecular weight excluding hydrogens is 448 g/mol. The lowest BCUT2D eigenvalue weighted by Gasteiger charge is -2.21. The Hall–Kier alpha value is -2.67. The van der Waals surface area contributed by atoms with Gasteiger partial charge in [-0.1, -0.05) is 66.5 Å². The number of carbonyl (C=O) groups is 3. The maximum absolute atomic E-state index is 12.6. The normalized spacial score (nSPS) is 12.5. The Labute approximate surface area is 185 Å². The molecule has 2 rings (SSSR count). The number of hydrogen-bond donors (Lipinski definition) is 2. The van der Waals surface area contributed by atoms with Gasteiger partial charge in [0.25, 0.3) is 5.91 Å². The molecule has 0 aliphatic heterocycles. The summed E-state index contributed by atoms with van der Waals surface area (Å²) < 4.78 is 6.15. The highest BCUT2D eigenvalue weighted by molar-refractivity contribution is 9.10. The summed E-state index contributed by atoms with van der Waals surface area (Å²) in [5.74, 6) is -1.69. The van der Waals surface area contributed by atoms with E-state index in [2.05, 4.69) is 26.6 Å². The van der Waals surface area contributed by atoms with Crippen molar-refractivity contribution in [2.45, 2.75) is 33.1 Å². The van der Waals surface area contributed by atoms with Crippen LogP contribution in [0.2, 0.25) is 0 Å². The topological polar surface area (TPSA) is 84.5 Å². The maximum atomic E-state index is 12.6. The van der Waals surface area contributed by atoms with Gasteiger partial charge < -0.3 is 15.4 Å². The van der Waals surface area contributed by atoms with Crippen molar-refractivity contribution in [2.24, 2.45) is 5.92 Å². The molecule has 2 amide bonds. The van der Waals surface area contributed by atoms with E-state index in [0.717, 1.165) is 22.0 Å². The first-order chi connectivity index (χ1) is 14.3. The Balaban J connectivity index is 1.84. The van der Waals surface area contributed by atoms with E-state index in [1.807, 2.05) is 63.2 Å². The van der Waals surface area contributed by atoms with Crippen LogP contribution in [-0.4, -0.2) is 30.9 Å². The summed E-state index contributed by atoms with van der Waals surface area (Å²) in [6, 6.07) is 14.9. The Bertz CT molecular complexity index is 886. The van der Waals surface area contributed by atoms with Crippen molar-refractivity contribution in [2.75, 3.05) is 18.5 Å². The minimum absolute atomic E-state index is 0.0721. The van der Waals surface area contributed by atoms with Crippen LogP contribution in [0.25, 0.3) is 0 Å². The molecule has 2 N–H and O–H groups in total. The third-order valence-corrected chi connectivity index (χ3v) is 5.37. The second-order valence-corrected chi connectivity index (χ2v) is 8.08. The third-order valence-electron chi connectivity index (χ3n) is 4.88. The molecule has 0 spiro atoms. The largest absolute Gasteiger partial charge is 0.455 e. The zero-order chi connectivity index (χ0) is 22.1. The first-order valence-electron chi connectivity index (χ1n) is 9.86. The number of hydrogen-bond acceptors (Lipinski definition) is 4. The Morgan fingerprint density at radius 3 is 2.40 bits per heavy atom. The smallest absolute Gasteiger partial charge is 0.314 e. The number of aryl methyl sites for hydroxylation is 1. The van der Waals surface area contributed by atoms with E-state index >= 15 is 0 Å². The first-order valence-corrected chi connectivity index (χ1v) is 10.6. The number of ether oxygens (including phenoxy) is 1. The van der Waals surface area contributed by atoms with Crippen molar-refractivity contribution in [3.63, 3.8) is 0 Å². The molecule has 0 fully saturated rings. The van der Waals surface area contributed by atoms with Crippen molar-refractivity contribution in [3.8, 4) is 0 Å². The van der Waals surface area contributed by atoms with E-state index in [0.29, 0.717) is 5.69 Å². The lowest BCUT2D eigenvalue weighted by molar-refractivity contribution is -0.151. The van der Waals surface area contributed by atoms with Gasteiger partial charge in [0.05, 0.1) is 12.5 Å². The van der Waals surface area contributed by atoms with Crippen LogP contribution < -0.4 is 10.6 Å². The van der Waals surface area contributed by atoms with Crippen LogP contribution in [0.3, 0.4) is 0 Å². The van der Waals surface area contributed by atoms with Gasteiger partial charge in [0.15, 0.2) is 6.61 Å². The molecule has 2 atom stereocenters. The number of esters is 1. The Morgan fingerprint density at radius 2 is 1.77 bits per heavy atom. The fraction of sp³-hybridized carbons (Fsp3) is 0.348. The van der Waals surface area contributed by atoms with Gasteiger partial charge in [-0.2, -0.15) is 0 Å². The van der Waals surface area contributed by atoms with Crippen molar-refractivity contribution in [1.29, 1.82) is 0 Å². The van der Waals surface area contributed by atoms with Gasteiger partial charge in [-0.05, 0) is 42.2 Å². The van der Waals surface area contributed by atoms with Gasteiger partial charge in [-0.15, -0.1) is 0 Å². The lowest BCUT2D eigenvalue weighted by Crippen LogP contribution is -2.36. The first kappa shape index (κ1) is 23.6. The zero-order valence-electron chi connectivity index (χ0n) is 17.4. The predicted molar refractivity (Wildman–Crippen MR) is 120 cm³/mol. The number of anilines is 1. The number of rotatable bonds is 9. The van der Waals surface area contributed by atoms with Crippen LogP contribution in [0.15, 0.2) is 53.0 Å². The maximum Gasteiger partial charge on any atom is 0.314 e. The molecule has 0 bridgehead atoms. The van der Waals surface area contributed by atoms with Crippen molar-refractivity contribution in [3.05, 3.63) is 64.1 Å². The summed E-state index contributed by atoms with van der Waals surface area (Å²) in [7, 11) is 0. The highest BCUT2D eigenvalue weighted by Gasteiger charge is 2.27. The highest BCUT2D eigenvalue weighted by atomic mass is 79.9. The molecule has 2 unspecified atom stereocenters. The van der Waals surface area contributed by atoms with Crippen LogP contribution in [-0.2, 0) is 19.1 Å². The summed E-state index contributed by atoms with van der Waals surface area (Å²) in [5, 5.41) is 5.21. The molecule has 0 radical (unpaired) electrons. The van der Waals surface area contributed by atoms with E-state index in [-0.39, 0.29) is 18.4 Å². The quantitative estimate of drug-likeness (QED) is 0.533. The summed E-state index contributed by atoms with van der Waals surface area (Å²) in [6.07, 6.45) is 0.802. The standard InChI is InChI=1S/C23H27BrN2O4/c1-4-15(2)22(17-8-6-5-7-9-17)23(29)30-14-21(28)25-13-20(27)26-19-11-10-18(24)12-16(19)3/h5-12,15,22H,4,13-14H2,1-3H3,(H,25,28)(H,26,27). The van der Waals surface area contributed by atoms with Gasteiger partial charge >= 0.3 is 5.97 Å². The van der Waals surface area contributed by atoms with E-state index < -0.39 is 24.4 Å². The molecule has 0 aromatic heterocycles. The fourth-order valence-corrected chi connectivity index (χ4v) is 3.49. The van der Waals surface area contributed by atoms with Crippen molar-refractivity contribution < 1.29 is 19.1 Å². The van der Waals surface area contributed by atoms with E-state index in [9.17, 15) is 14.4 Å². The number of amides is 2. The Kier molecular flexibility index (Phi) is 9.05. The number of benzene rings is 2. The average molecular weight is 475 g/mol. The van der Waals surface area contributed by atoms with E-state index in [1.165, 1.54) is 0 Å². The third kappa shape index (κ3) is 6.99. The van der Waals surface area contributed by atoms with E-state index in [4.69, 9.17) is 4.74 Å². The number of halogens is 1. The highest BCUT2D eigenvalue weighted by Crippen LogP contribution is 2.28. The van der Waals surface area contributed by atoms with Gasteiger partial charge in [0.2, 0.25) is 5.91 Å². The van der Waals surface area contributed by atoms with Crippen LogP contribution in [0.5, 0.6) is 0 Å². The number of carbonyl (C=O) groups excluding carboxylic acids is 3. The lowest BCUT2D eigenvalue weighted by atomic mass is 9.86. The predicted octanol–water partition coefficient (Wildman–Crippen LogP) is 4.19. The molecule has 0 aliphatic rings. The molecule has 7 heteroatoms. The SMILES string of the molecule is CCC(C)C(C(=O)OCC(=O)NCC(=O)Nc1ccc(Br)cc1C)c1ccccc1. The molecule has 30 heavy (non-hydrogen) atoms. The molecule has 0 aliphatic carbocycles. The molecule has 2 aromatic rings. The van der Waals surface area contributed by atoms with Gasteiger partial charge in [-0.25, -0.2) is 0 Å². The summed E-state index contributed by atoms with van der Waals surface area (Å²) >= 11 is 3.37. The molecular formula is C23H27BrN2O4. The monoisotopic (exact) mass is 474 g/mol. The number of nitrogens with one attached hydrogen (secondary N) is 2. The van der Waals surface area contributed by atoms with Gasteiger partial charge in [-0.3, -0.25) is 14.4 Å². The Morgan fingerprint density at radius 1 is 1.07 bits per heavy atom. The van der Waals surface area contributed by atoms with Crippen LogP contribution in [0, 0.1) is 12.8 Å². The van der Waals surface area contributed by atoms with Crippen molar-refractivity contribution in [1.82, 2.24) is 5.32 Å². The zero-order valence-corrected chi connectivity index (χ0v) is 19.0. The van der Waals surface area contributed by atoms with E-state index in [1.54, 1.807) is 6.07 Å². The van der Waals surface area contributed by atoms with Crippen LogP contribution in [0.1, 0.15) is 37.3 Å². The molecule has 160 valence electrons. The van der Waals surface area contributed by atoms with Crippen LogP contribution >= 0.6 is 15.9 Å². The molecule has 0 saturated carbocycles. The average Bonchev–Trinajstić information content (AvgIpc) is 2.73. The minimum Gasteiger partial charge on any atom is -0.455 e. The summed E-state index contributed by atoms with van der Waals surface area (Å²) in [6.45, 7) is 5.22. The molecule has 6 nitrogen and oxygen atoms in total. The van der Waals surface area contributed by atoms with Gasteiger partial charge in [0.1, 0.15) is 0 Å². The molecule has 0 heterocycles. The van der Waals surface area contributed by atoms with Crippen LogP contribution in [0.4, 0.5) is 5.69 Å².